The SMILES string of the molecule is CC(C)(Cc1ccc(Br)cc1)NC(=O)C1CCNCC1. The van der Waals surface area contributed by atoms with Crippen LogP contribution in [0.1, 0.15) is 32.3 Å². The molecule has 2 rings (SSSR count). The zero-order chi connectivity index (χ0) is 14.6. The first kappa shape index (κ1) is 15.5. The number of benzene rings is 1. The highest BCUT2D eigenvalue weighted by Gasteiger charge is 2.27. The average molecular weight is 339 g/mol. The molecular weight excluding hydrogens is 316 g/mol. The van der Waals surface area contributed by atoms with Gasteiger partial charge in [0.25, 0.3) is 0 Å². The molecule has 0 radical (unpaired) electrons. The largest absolute Gasteiger partial charge is 0.351 e. The van der Waals surface area contributed by atoms with Crippen LogP contribution in [0.5, 0.6) is 0 Å². The minimum absolute atomic E-state index is 0.167. The Morgan fingerprint density at radius 2 is 1.90 bits per heavy atom. The van der Waals surface area contributed by atoms with E-state index in [1.807, 2.05) is 12.1 Å². The molecule has 2 N–H and O–H groups in total. The van der Waals surface area contributed by atoms with E-state index in [-0.39, 0.29) is 17.4 Å². The zero-order valence-electron chi connectivity index (χ0n) is 12.2. The topological polar surface area (TPSA) is 41.1 Å². The van der Waals surface area contributed by atoms with Crippen molar-refractivity contribution >= 4 is 21.8 Å². The van der Waals surface area contributed by atoms with Gasteiger partial charge in [0.2, 0.25) is 5.91 Å². The Bertz CT molecular complexity index is 450. The molecule has 0 aromatic heterocycles. The molecular formula is C16H23BrN2O. The molecule has 1 aromatic carbocycles. The molecule has 110 valence electrons. The summed E-state index contributed by atoms with van der Waals surface area (Å²) >= 11 is 3.44. The molecule has 0 bridgehead atoms. The van der Waals surface area contributed by atoms with Crippen molar-refractivity contribution < 1.29 is 4.79 Å². The fourth-order valence-electron chi connectivity index (χ4n) is 2.68. The quantitative estimate of drug-likeness (QED) is 0.886. The van der Waals surface area contributed by atoms with Crippen molar-refractivity contribution in [2.75, 3.05) is 13.1 Å². The third kappa shape index (κ3) is 4.60. The van der Waals surface area contributed by atoms with Gasteiger partial charge in [0.1, 0.15) is 0 Å². The zero-order valence-corrected chi connectivity index (χ0v) is 13.8. The van der Waals surface area contributed by atoms with Crippen LogP contribution in [0.4, 0.5) is 0 Å². The van der Waals surface area contributed by atoms with E-state index in [9.17, 15) is 4.79 Å². The number of carbonyl (C=O) groups excluding carboxylic acids is 1. The van der Waals surface area contributed by atoms with Crippen molar-refractivity contribution in [3.63, 3.8) is 0 Å². The van der Waals surface area contributed by atoms with Crippen LogP contribution in [0.25, 0.3) is 0 Å². The maximum atomic E-state index is 12.3. The first-order chi connectivity index (χ1) is 9.46. The van der Waals surface area contributed by atoms with Crippen LogP contribution in [-0.4, -0.2) is 24.5 Å². The predicted molar refractivity (Wildman–Crippen MR) is 85.7 cm³/mol. The Hall–Kier alpha value is -0.870. The van der Waals surface area contributed by atoms with Crippen molar-refractivity contribution in [1.29, 1.82) is 0 Å². The summed E-state index contributed by atoms with van der Waals surface area (Å²) in [5.74, 6) is 0.369. The molecule has 3 nitrogen and oxygen atoms in total. The van der Waals surface area contributed by atoms with Gasteiger partial charge in [0.05, 0.1) is 0 Å². The summed E-state index contributed by atoms with van der Waals surface area (Å²) < 4.78 is 1.08. The molecule has 0 spiro atoms. The molecule has 0 aliphatic carbocycles. The molecule has 0 atom stereocenters. The van der Waals surface area contributed by atoms with Crippen molar-refractivity contribution in [3.05, 3.63) is 34.3 Å². The van der Waals surface area contributed by atoms with E-state index < -0.39 is 0 Å². The second kappa shape index (κ2) is 6.72. The predicted octanol–water partition coefficient (Wildman–Crippen LogP) is 2.89. The molecule has 20 heavy (non-hydrogen) atoms. The summed E-state index contributed by atoms with van der Waals surface area (Å²) in [4.78, 5) is 12.3. The summed E-state index contributed by atoms with van der Waals surface area (Å²) in [6.45, 7) is 6.08. The standard InChI is InChI=1S/C16H23BrN2O/c1-16(2,11-12-3-5-14(17)6-4-12)19-15(20)13-7-9-18-10-8-13/h3-6,13,18H,7-11H2,1-2H3,(H,19,20). The molecule has 1 aromatic rings. The molecule has 1 aliphatic heterocycles. The number of hydrogen-bond acceptors (Lipinski definition) is 2. The average Bonchev–Trinajstić information content (AvgIpc) is 2.41. The second-order valence-corrected chi connectivity index (χ2v) is 7.12. The maximum absolute atomic E-state index is 12.3. The minimum Gasteiger partial charge on any atom is -0.351 e. The summed E-state index contributed by atoms with van der Waals surface area (Å²) in [5.41, 5.74) is 1.03. The van der Waals surface area contributed by atoms with Crippen LogP contribution in [0, 0.1) is 5.92 Å². The number of halogens is 1. The van der Waals surface area contributed by atoms with Gasteiger partial charge in [-0.2, -0.15) is 0 Å². The Morgan fingerprint density at radius 3 is 2.50 bits per heavy atom. The van der Waals surface area contributed by atoms with Crippen LogP contribution >= 0.6 is 15.9 Å². The van der Waals surface area contributed by atoms with Crippen LogP contribution in [0.15, 0.2) is 28.7 Å². The lowest BCUT2D eigenvalue weighted by Crippen LogP contribution is -2.49. The van der Waals surface area contributed by atoms with Gasteiger partial charge in [0.15, 0.2) is 0 Å². The van der Waals surface area contributed by atoms with Crippen molar-refractivity contribution in [1.82, 2.24) is 10.6 Å². The molecule has 0 saturated carbocycles. The molecule has 1 fully saturated rings. The lowest BCUT2D eigenvalue weighted by molar-refractivity contribution is -0.127. The third-order valence-corrected chi connectivity index (χ3v) is 4.26. The minimum atomic E-state index is -0.213. The van der Waals surface area contributed by atoms with Crippen LogP contribution < -0.4 is 10.6 Å². The van der Waals surface area contributed by atoms with Crippen molar-refractivity contribution in [3.8, 4) is 0 Å². The van der Waals surface area contributed by atoms with Crippen LogP contribution in [0.2, 0.25) is 0 Å². The number of amides is 1. The Kier molecular flexibility index (Phi) is 5.22. The molecule has 4 heteroatoms. The monoisotopic (exact) mass is 338 g/mol. The van der Waals surface area contributed by atoms with Crippen molar-refractivity contribution in [2.24, 2.45) is 5.92 Å². The molecule has 1 heterocycles. The molecule has 1 saturated heterocycles. The van der Waals surface area contributed by atoms with Gasteiger partial charge in [-0.25, -0.2) is 0 Å². The van der Waals surface area contributed by atoms with E-state index >= 15 is 0 Å². The maximum Gasteiger partial charge on any atom is 0.223 e. The van der Waals surface area contributed by atoms with Crippen LogP contribution in [-0.2, 0) is 11.2 Å². The first-order valence-electron chi connectivity index (χ1n) is 7.23. The number of hydrogen-bond donors (Lipinski definition) is 2. The van der Waals surface area contributed by atoms with Gasteiger partial charge in [0, 0.05) is 15.9 Å². The summed E-state index contributed by atoms with van der Waals surface area (Å²) in [6, 6.07) is 8.28. The highest BCUT2D eigenvalue weighted by molar-refractivity contribution is 9.10. The van der Waals surface area contributed by atoms with E-state index in [1.165, 1.54) is 5.56 Å². The highest BCUT2D eigenvalue weighted by Crippen LogP contribution is 2.18. The number of nitrogens with one attached hydrogen (secondary N) is 2. The third-order valence-electron chi connectivity index (χ3n) is 3.73. The summed E-state index contributed by atoms with van der Waals surface area (Å²) in [5, 5.41) is 6.50. The van der Waals surface area contributed by atoms with Gasteiger partial charge in [-0.15, -0.1) is 0 Å². The Morgan fingerprint density at radius 1 is 1.30 bits per heavy atom. The van der Waals surface area contributed by atoms with Crippen molar-refractivity contribution in [2.45, 2.75) is 38.6 Å². The summed E-state index contributed by atoms with van der Waals surface area (Å²) in [7, 11) is 0. The van der Waals surface area contributed by atoms with E-state index in [0.717, 1.165) is 36.8 Å². The lowest BCUT2D eigenvalue weighted by Gasteiger charge is -2.30. The normalized spacial score (nSPS) is 16.9. The van der Waals surface area contributed by atoms with Gasteiger partial charge in [-0.3, -0.25) is 4.79 Å². The van der Waals surface area contributed by atoms with Gasteiger partial charge in [-0.1, -0.05) is 28.1 Å². The van der Waals surface area contributed by atoms with Gasteiger partial charge in [-0.05, 0) is 63.9 Å². The Labute approximate surface area is 129 Å². The molecule has 0 unspecified atom stereocenters. The smallest absolute Gasteiger partial charge is 0.223 e. The number of piperidine rings is 1. The second-order valence-electron chi connectivity index (χ2n) is 6.20. The highest BCUT2D eigenvalue weighted by atomic mass is 79.9. The van der Waals surface area contributed by atoms with E-state index in [4.69, 9.17) is 0 Å². The van der Waals surface area contributed by atoms with Crippen LogP contribution in [0.3, 0.4) is 0 Å². The molecule has 1 aliphatic rings. The fraction of sp³-hybridized carbons (Fsp3) is 0.562. The summed E-state index contributed by atoms with van der Waals surface area (Å²) in [6.07, 6.45) is 2.73. The number of rotatable bonds is 4. The molecule has 1 amide bonds. The Balaban J connectivity index is 1.92. The lowest BCUT2D eigenvalue weighted by atomic mass is 9.91. The number of carbonyl (C=O) groups is 1. The first-order valence-corrected chi connectivity index (χ1v) is 8.03. The van der Waals surface area contributed by atoms with Gasteiger partial charge < -0.3 is 10.6 Å². The van der Waals surface area contributed by atoms with E-state index in [0.29, 0.717) is 0 Å². The van der Waals surface area contributed by atoms with E-state index in [2.05, 4.69) is 52.5 Å². The van der Waals surface area contributed by atoms with E-state index in [1.54, 1.807) is 0 Å². The van der Waals surface area contributed by atoms with Gasteiger partial charge >= 0.3 is 0 Å². The fourth-order valence-corrected chi connectivity index (χ4v) is 2.94.